The molecule has 0 saturated carbocycles. The molecule has 4 aromatic carbocycles. The van der Waals surface area contributed by atoms with Crippen LogP contribution in [-0.2, 0) is 0 Å². The van der Waals surface area contributed by atoms with E-state index in [4.69, 9.17) is 11.6 Å². The minimum absolute atomic E-state index is 0.0800. The third-order valence-corrected chi connectivity index (χ3v) is 5.87. The molecule has 1 N–H and O–H groups in total. The van der Waals surface area contributed by atoms with Gasteiger partial charge >= 0.3 is 0 Å². The van der Waals surface area contributed by atoms with Gasteiger partial charge in [-0.3, -0.25) is 4.79 Å². The first-order valence-electron chi connectivity index (χ1n) is 10.6. The number of hydrogen-bond acceptors (Lipinski definition) is 3. The van der Waals surface area contributed by atoms with E-state index < -0.39 is 0 Å². The number of rotatable bonds is 4. The van der Waals surface area contributed by atoms with E-state index in [1.54, 1.807) is 10.7 Å². The van der Waals surface area contributed by atoms with Crippen molar-refractivity contribution in [1.82, 2.24) is 14.8 Å². The molecule has 0 spiro atoms. The molecule has 0 bridgehead atoms. The van der Waals surface area contributed by atoms with E-state index in [1.807, 2.05) is 85.8 Å². The zero-order chi connectivity index (χ0) is 22.9. The van der Waals surface area contributed by atoms with Gasteiger partial charge in [0.15, 0.2) is 5.82 Å². The monoisotopic (exact) mass is 452 g/mol. The molecule has 1 aromatic heterocycles. The van der Waals surface area contributed by atoms with Crippen LogP contribution in [0.25, 0.3) is 27.8 Å². The topological polar surface area (TPSA) is 59.8 Å². The number of aromatic nitrogens is 3. The summed E-state index contributed by atoms with van der Waals surface area (Å²) in [6, 6.07) is 27.2. The van der Waals surface area contributed by atoms with Crippen LogP contribution in [0.2, 0.25) is 5.02 Å². The molecular formula is C27H21ClN4O. The van der Waals surface area contributed by atoms with Crippen molar-refractivity contribution in [2.45, 2.75) is 13.8 Å². The van der Waals surface area contributed by atoms with Crippen LogP contribution in [0, 0.1) is 13.8 Å². The lowest BCUT2D eigenvalue weighted by Crippen LogP contribution is -2.14. The van der Waals surface area contributed by atoms with Gasteiger partial charge in [-0.2, -0.15) is 0 Å². The molecule has 0 saturated heterocycles. The van der Waals surface area contributed by atoms with Crippen molar-refractivity contribution in [3.8, 4) is 17.1 Å². The van der Waals surface area contributed by atoms with Gasteiger partial charge in [0, 0.05) is 16.3 Å². The first-order valence-corrected chi connectivity index (χ1v) is 11.0. The van der Waals surface area contributed by atoms with Crippen LogP contribution in [0.15, 0.2) is 84.9 Å². The molecule has 6 heteroatoms. The van der Waals surface area contributed by atoms with E-state index in [0.29, 0.717) is 16.5 Å². The Hall–Kier alpha value is -3.96. The third kappa shape index (κ3) is 4.23. The number of nitrogens with zero attached hydrogens (tertiary/aromatic N) is 3. The summed E-state index contributed by atoms with van der Waals surface area (Å²) in [5.41, 5.74) is 4.59. The molecular weight excluding hydrogens is 432 g/mol. The summed E-state index contributed by atoms with van der Waals surface area (Å²) < 4.78 is 1.69. The highest BCUT2D eigenvalue weighted by Crippen LogP contribution is 2.26. The fraction of sp³-hybridized carbons (Fsp3) is 0.0741. The number of nitrogens with one attached hydrogen (secondary N) is 1. The Labute approximate surface area is 196 Å². The largest absolute Gasteiger partial charge is 0.319 e. The third-order valence-electron chi connectivity index (χ3n) is 5.64. The molecule has 1 amide bonds. The van der Waals surface area contributed by atoms with Crippen LogP contribution in [0.4, 0.5) is 5.69 Å². The Morgan fingerprint density at radius 3 is 2.45 bits per heavy atom. The van der Waals surface area contributed by atoms with Crippen LogP contribution in [0.5, 0.6) is 0 Å². The zero-order valence-corrected chi connectivity index (χ0v) is 19.0. The normalized spacial score (nSPS) is 11.0. The van der Waals surface area contributed by atoms with Gasteiger partial charge in [-0.15, -0.1) is 5.10 Å². The maximum absolute atomic E-state index is 13.1. The van der Waals surface area contributed by atoms with E-state index in [9.17, 15) is 4.79 Å². The maximum atomic E-state index is 13.1. The zero-order valence-electron chi connectivity index (χ0n) is 18.2. The standard InChI is InChI=1S/C27H21ClN4O/c1-17-10-13-24(14-18(17)2)32-26(21-8-5-9-22(28)15-21)30-25(31-32)27(33)29-23-12-11-19-6-3-4-7-20(19)16-23/h3-16H,1-2H3,(H,29,33). The van der Waals surface area contributed by atoms with E-state index in [1.165, 1.54) is 5.56 Å². The number of carbonyl (C=O) groups excluding carboxylic acids is 1. The second kappa shape index (κ2) is 8.52. The number of halogens is 1. The number of carbonyl (C=O) groups is 1. The number of hydrogen-bond donors (Lipinski definition) is 1. The number of aryl methyl sites for hydroxylation is 2. The Bertz CT molecular complexity index is 1510. The molecule has 5 aromatic rings. The van der Waals surface area contributed by atoms with Crippen LogP contribution >= 0.6 is 11.6 Å². The Balaban J connectivity index is 1.55. The summed E-state index contributed by atoms with van der Waals surface area (Å²) in [7, 11) is 0. The molecule has 0 fully saturated rings. The molecule has 0 aliphatic carbocycles. The van der Waals surface area contributed by atoms with E-state index in [0.717, 1.165) is 27.6 Å². The highest BCUT2D eigenvalue weighted by Gasteiger charge is 2.19. The van der Waals surface area contributed by atoms with Crippen molar-refractivity contribution in [3.63, 3.8) is 0 Å². The molecule has 0 unspecified atom stereocenters. The Morgan fingerprint density at radius 1 is 0.848 bits per heavy atom. The molecule has 0 aliphatic heterocycles. The van der Waals surface area contributed by atoms with Gasteiger partial charge in [0.2, 0.25) is 5.82 Å². The summed E-state index contributed by atoms with van der Waals surface area (Å²) in [6.07, 6.45) is 0. The first kappa shape index (κ1) is 20.9. The predicted octanol–water partition coefficient (Wildman–Crippen LogP) is 6.61. The minimum Gasteiger partial charge on any atom is -0.319 e. The molecule has 5 nitrogen and oxygen atoms in total. The lowest BCUT2D eigenvalue weighted by atomic mass is 10.1. The summed E-state index contributed by atoms with van der Waals surface area (Å²) in [6.45, 7) is 4.10. The van der Waals surface area contributed by atoms with Gasteiger partial charge in [-0.05, 0) is 72.1 Å². The van der Waals surface area contributed by atoms with Gasteiger partial charge in [0.1, 0.15) is 0 Å². The molecule has 0 radical (unpaired) electrons. The highest BCUT2D eigenvalue weighted by atomic mass is 35.5. The molecule has 0 atom stereocenters. The van der Waals surface area contributed by atoms with Crippen molar-refractivity contribution >= 4 is 34.0 Å². The summed E-state index contributed by atoms with van der Waals surface area (Å²) in [5, 5.41) is 10.2. The van der Waals surface area contributed by atoms with E-state index in [2.05, 4.69) is 22.3 Å². The number of amides is 1. The lowest BCUT2D eigenvalue weighted by Gasteiger charge is -2.08. The minimum atomic E-state index is -0.379. The van der Waals surface area contributed by atoms with Crippen molar-refractivity contribution in [3.05, 3.63) is 107 Å². The van der Waals surface area contributed by atoms with Gasteiger partial charge < -0.3 is 5.32 Å². The number of fused-ring (bicyclic) bond motifs is 1. The van der Waals surface area contributed by atoms with Crippen molar-refractivity contribution < 1.29 is 4.79 Å². The molecule has 5 rings (SSSR count). The van der Waals surface area contributed by atoms with E-state index >= 15 is 0 Å². The van der Waals surface area contributed by atoms with Crippen LogP contribution in [0.3, 0.4) is 0 Å². The van der Waals surface area contributed by atoms with Gasteiger partial charge in [-0.1, -0.05) is 60.1 Å². The average Bonchev–Trinajstić information content (AvgIpc) is 3.27. The second-order valence-corrected chi connectivity index (χ2v) is 8.40. The Kier molecular flexibility index (Phi) is 5.40. The first-order chi connectivity index (χ1) is 16.0. The van der Waals surface area contributed by atoms with Crippen LogP contribution in [-0.4, -0.2) is 20.7 Å². The molecule has 162 valence electrons. The maximum Gasteiger partial charge on any atom is 0.295 e. The fourth-order valence-corrected chi connectivity index (χ4v) is 3.90. The summed E-state index contributed by atoms with van der Waals surface area (Å²) >= 11 is 6.23. The summed E-state index contributed by atoms with van der Waals surface area (Å²) in [4.78, 5) is 17.7. The van der Waals surface area contributed by atoms with Crippen molar-refractivity contribution in [1.29, 1.82) is 0 Å². The fourth-order valence-electron chi connectivity index (χ4n) is 3.71. The van der Waals surface area contributed by atoms with Crippen molar-refractivity contribution in [2.24, 2.45) is 0 Å². The van der Waals surface area contributed by atoms with Gasteiger partial charge in [0.25, 0.3) is 5.91 Å². The van der Waals surface area contributed by atoms with Gasteiger partial charge in [0.05, 0.1) is 5.69 Å². The molecule has 0 aliphatic rings. The lowest BCUT2D eigenvalue weighted by molar-refractivity contribution is 0.101. The molecule has 33 heavy (non-hydrogen) atoms. The van der Waals surface area contributed by atoms with Crippen LogP contribution < -0.4 is 5.32 Å². The summed E-state index contributed by atoms with van der Waals surface area (Å²) in [5.74, 6) is 0.247. The number of benzene rings is 4. The SMILES string of the molecule is Cc1ccc(-n2nc(C(=O)Nc3ccc4ccccc4c3)nc2-c2cccc(Cl)c2)cc1C. The van der Waals surface area contributed by atoms with Crippen molar-refractivity contribution in [2.75, 3.05) is 5.32 Å². The highest BCUT2D eigenvalue weighted by molar-refractivity contribution is 6.30. The number of anilines is 1. The second-order valence-electron chi connectivity index (χ2n) is 7.97. The van der Waals surface area contributed by atoms with Gasteiger partial charge in [-0.25, -0.2) is 9.67 Å². The average molecular weight is 453 g/mol. The Morgan fingerprint density at radius 2 is 1.67 bits per heavy atom. The predicted molar refractivity (Wildman–Crippen MR) is 133 cm³/mol. The smallest absolute Gasteiger partial charge is 0.295 e. The molecule has 1 heterocycles. The van der Waals surface area contributed by atoms with Crippen LogP contribution in [0.1, 0.15) is 21.7 Å². The quantitative estimate of drug-likeness (QED) is 0.333. The van der Waals surface area contributed by atoms with E-state index in [-0.39, 0.29) is 11.7 Å².